The Morgan fingerprint density at radius 2 is 2.07 bits per heavy atom. The molecule has 29 heavy (non-hydrogen) atoms. The molecule has 0 spiro atoms. The second kappa shape index (κ2) is 8.00. The molecule has 3 rings (SSSR count). The summed E-state index contributed by atoms with van der Waals surface area (Å²) in [7, 11) is -5.07. The molecule has 4 nitrogen and oxygen atoms in total. The minimum absolute atomic E-state index is 0.00998. The summed E-state index contributed by atoms with van der Waals surface area (Å²) < 4.78 is 111. The van der Waals surface area contributed by atoms with Gasteiger partial charge >= 0.3 is 5.51 Å². The summed E-state index contributed by atoms with van der Waals surface area (Å²) in [5.74, 6) is -1.62. The van der Waals surface area contributed by atoms with Gasteiger partial charge in [0, 0.05) is 21.8 Å². The van der Waals surface area contributed by atoms with Gasteiger partial charge in [0.1, 0.15) is 11.6 Å². The SMILES string of the molecule is [2H]C([2H])([2H])c1cc(F)cc(-c2cccc(C[C@@H]3NCC[C@@H]3NS(=N)(=O)C(F)(F)F)c2F)c1. The fourth-order valence-corrected chi connectivity index (χ4v) is 4.19. The number of hydrogen-bond acceptors (Lipinski definition) is 3. The molecule has 1 saturated heterocycles. The lowest BCUT2D eigenvalue weighted by Gasteiger charge is -2.23. The van der Waals surface area contributed by atoms with Gasteiger partial charge in [0.25, 0.3) is 0 Å². The van der Waals surface area contributed by atoms with E-state index in [0.717, 1.165) is 18.2 Å². The first kappa shape index (κ1) is 17.8. The highest BCUT2D eigenvalue weighted by Gasteiger charge is 2.44. The molecule has 0 saturated carbocycles. The smallest absolute Gasteiger partial charge is 0.312 e. The molecular formula is C19H20F5N3OS. The molecule has 0 aromatic heterocycles. The molecule has 0 aliphatic carbocycles. The highest BCUT2D eigenvalue weighted by atomic mass is 32.2. The predicted molar refractivity (Wildman–Crippen MR) is 100 cm³/mol. The van der Waals surface area contributed by atoms with Crippen LogP contribution in [0.5, 0.6) is 0 Å². The Kier molecular flexibility index (Phi) is 4.91. The van der Waals surface area contributed by atoms with E-state index in [-0.39, 0.29) is 41.6 Å². The number of nitrogens with one attached hydrogen (secondary N) is 3. The van der Waals surface area contributed by atoms with Gasteiger partial charge in [0.05, 0.1) is 0 Å². The second-order valence-electron chi connectivity index (χ2n) is 6.79. The van der Waals surface area contributed by atoms with Gasteiger partial charge in [0.2, 0.25) is 9.92 Å². The lowest BCUT2D eigenvalue weighted by atomic mass is 9.96. The molecule has 1 aliphatic rings. The largest absolute Gasteiger partial charge is 0.492 e. The Balaban J connectivity index is 1.89. The van der Waals surface area contributed by atoms with Crippen molar-refractivity contribution in [3.05, 3.63) is 59.2 Å². The summed E-state index contributed by atoms with van der Waals surface area (Å²) in [6, 6.07) is 5.49. The van der Waals surface area contributed by atoms with E-state index >= 15 is 4.39 Å². The summed E-state index contributed by atoms with van der Waals surface area (Å²) in [4.78, 5) is 0. The molecule has 158 valence electrons. The summed E-state index contributed by atoms with van der Waals surface area (Å²) in [5, 5.41) is 2.91. The van der Waals surface area contributed by atoms with Crippen LogP contribution in [0, 0.1) is 23.3 Å². The van der Waals surface area contributed by atoms with Gasteiger partial charge < -0.3 is 5.32 Å². The molecule has 0 radical (unpaired) electrons. The molecule has 0 bridgehead atoms. The van der Waals surface area contributed by atoms with Crippen LogP contribution in [0.15, 0.2) is 36.4 Å². The molecule has 2 aromatic rings. The maximum atomic E-state index is 15.2. The van der Waals surface area contributed by atoms with Gasteiger partial charge in [-0.3, -0.25) is 0 Å². The molecule has 1 unspecified atom stereocenters. The van der Waals surface area contributed by atoms with Crippen molar-refractivity contribution in [2.45, 2.75) is 37.3 Å². The monoisotopic (exact) mass is 436 g/mol. The highest BCUT2D eigenvalue weighted by molar-refractivity contribution is 7.91. The minimum Gasteiger partial charge on any atom is -0.312 e. The van der Waals surface area contributed by atoms with Crippen molar-refractivity contribution in [3.8, 4) is 11.1 Å². The van der Waals surface area contributed by atoms with E-state index in [1.54, 1.807) is 0 Å². The Labute approximate surface area is 169 Å². The summed E-state index contributed by atoms with van der Waals surface area (Å²) >= 11 is 0. The Morgan fingerprint density at radius 1 is 1.31 bits per heavy atom. The second-order valence-corrected chi connectivity index (χ2v) is 8.60. The predicted octanol–water partition coefficient (Wildman–Crippen LogP) is 4.28. The first-order chi connectivity index (χ1) is 14.7. The number of rotatable bonds is 5. The molecule has 0 amide bonds. The van der Waals surface area contributed by atoms with Crippen LogP contribution in [0.2, 0.25) is 0 Å². The Morgan fingerprint density at radius 3 is 2.76 bits per heavy atom. The van der Waals surface area contributed by atoms with Gasteiger partial charge in [-0.25, -0.2) is 22.5 Å². The van der Waals surface area contributed by atoms with Crippen LogP contribution >= 0.6 is 0 Å². The fourth-order valence-electron chi connectivity index (χ4n) is 3.35. The molecule has 3 N–H and O–H groups in total. The van der Waals surface area contributed by atoms with Crippen molar-refractivity contribution >= 4 is 9.92 Å². The van der Waals surface area contributed by atoms with Gasteiger partial charge in [0.15, 0.2) is 0 Å². The average Bonchev–Trinajstić information content (AvgIpc) is 3.07. The molecule has 3 atom stereocenters. The van der Waals surface area contributed by atoms with Gasteiger partial charge in [-0.1, -0.05) is 24.3 Å². The van der Waals surface area contributed by atoms with Crippen molar-refractivity contribution in [2.24, 2.45) is 0 Å². The zero-order valence-corrected chi connectivity index (χ0v) is 15.8. The van der Waals surface area contributed by atoms with Crippen LogP contribution in [0.4, 0.5) is 22.0 Å². The summed E-state index contributed by atoms with van der Waals surface area (Å²) in [6.45, 7) is -2.32. The first-order valence-electron chi connectivity index (χ1n) is 10.1. The van der Waals surface area contributed by atoms with Crippen molar-refractivity contribution < 1.29 is 30.3 Å². The van der Waals surface area contributed by atoms with E-state index in [2.05, 4.69) is 5.32 Å². The van der Waals surface area contributed by atoms with Crippen LogP contribution in [0.3, 0.4) is 0 Å². The molecule has 1 heterocycles. The van der Waals surface area contributed by atoms with Gasteiger partial charge in [-0.2, -0.15) is 13.2 Å². The standard InChI is InChI=1S/C19H20F5N3OS/c1-11-7-13(9-14(20)8-11)15-4-2-3-12(18(15)21)10-17-16(5-6-26-17)27-29(25,28)19(22,23)24/h2-4,7-9,16-17,26H,5-6,10H2,1H3,(H2,25,27,28)/t16-,17-,29?/m0/s1/i1D3. The van der Waals surface area contributed by atoms with Crippen LogP contribution in [-0.2, 0) is 16.3 Å². The van der Waals surface area contributed by atoms with Crippen molar-refractivity contribution in [1.82, 2.24) is 10.0 Å². The molecule has 10 heteroatoms. The van der Waals surface area contributed by atoms with Crippen LogP contribution in [-0.4, -0.2) is 28.3 Å². The van der Waals surface area contributed by atoms with Crippen molar-refractivity contribution in [1.29, 1.82) is 4.78 Å². The lowest BCUT2D eigenvalue weighted by Crippen LogP contribution is -2.48. The third-order valence-electron chi connectivity index (χ3n) is 4.72. The van der Waals surface area contributed by atoms with E-state index < -0.39 is 46.0 Å². The van der Waals surface area contributed by atoms with E-state index in [1.807, 2.05) is 4.72 Å². The zero-order valence-electron chi connectivity index (χ0n) is 17.9. The molecular weight excluding hydrogens is 413 g/mol. The third kappa shape index (κ3) is 4.76. The zero-order chi connectivity index (χ0) is 23.9. The van der Waals surface area contributed by atoms with E-state index in [0.29, 0.717) is 0 Å². The van der Waals surface area contributed by atoms with Gasteiger partial charge in [-0.05, 0) is 55.1 Å². The molecule has 2 aromatic carbocycles. The minimum atomic E-state index is -5.25. The lowest BCUT2D eigenvalue weighted by molar-refractivity contribution is -0.0420. The Bertz CT molecular complexity index is 1110. The maximum absolute atomic E-state index is 15.2. The number of halogens is 5. The Hall–Kier alpha value is -2.04. The first-order valence-corrected chi connectivity index (χ1v) is 10.2. The van der Waals surface area contributed by atoms with Crippen molar-refractivity contribution in [2.75, 3.05) is 6.54 Å². The average molecular weight is 436 g/mol. The van der Waals surface area contributed by atoms with Crippen LogP contribution < -0.4 is 10.0 Å². The number of benzene rings is 2. The fraction of sp³-hybridized carbons (Fsp3) is 0.368. The summed E-state index contributed by atoms with van der Waals surface area (Å²) in [6.07, 6.45) is 0.0654. The van der Waals surface area contributed by atoms with E-state index in [4.69, 9.17) is 8.89 Å². The topological polar surface area (TPSA) is 65.0 Å². The maximum Gasteiger partial charge on any atom is 0.492 e. The number of aryl methyl sites for hydroxylation is 1. The van der Waals surface area contributed by atoms with E-state index in [1.165, 1.54) is 18.2 Å². The quantitative estimate of drug-likeness (QED) is 0.613. The summed E-state index contributed by atoms with van der Waals surface area (Å²) in [5.41, 5.74) is -5.50. The number of alkyl halides is 3. The molecule has 1 fully saturated rings. The highest BCUT2D eigenvalue weighted by Crippen LogP contribution is 2.29. The van der Waals surface area contributed by atoms with Crippen LogP contribution in [0.1, 0.15) is 21.7 Å². The van der Waals surface area contributed by atoms with Crippen molar-refractivity contribution in [3.63, 3.8) is 0 Å². The molecule has 1 aliphatic heterocycles. The third-order valence-corrected chi connectivity index (χ3v) is 6.00. The van der Waals surface area contributed by atoms with Gasteiger partial charge in [-0.15, -0.1) is 0 Å². The van der Waals surface area contributed by atoms with Crippen LogP contribution in [0.25, 0.3) is 11.1 Å². The normalized spacial score (nSPS) is 23.8. The van der Waals surface area contributed by atoms with E-state index in [9.17, 15) is 21.8 Å². The number of hydrogen-bond donors (Lipinski definition) is 3.